The van der Waals surface area contributed by atoms with Gasteiger partial charge >= 0.3 is 0 Å². The zero-order chi connectivity index (χ0) is 26.0. The Bertz CT molecular complexity index is 1230. The summed E-state index contributed by atoms with van der Waals surface area (Å²) in [6.07, 6.45) is 7.82. The van der Waals surface area contributed by atoms with Crippen LogP contribution < -0.4 is 4.74 Å². The van der Waals surface area contributed by atoms with Crippen LogP contribution in [0.25, 0.3) is 0 Å². The van der Waals surface area contributed by atoms with Gasteiger partial charge in [-0.05, 0) is 67.0 Å². The van der Waals surface area contributed by atoms with E-state index in [1.807, 2.05) is 18.2 Å². The van der Waals surface area contributed by atoms with E-state index in [9.17, 15) is 13.2 Å². The fraction of sp³-hybridized carbons (Fsp3) is 0.552. The molecule has 37 heavy (non-hydrogen) atoms. The fourth-order valence-corrected chi connectivity index (χ4v) is 7.39. The zero-order valence-electron chi connectivity index (χ0n) is 21.9. The van der Waals surface area contributed by atoms with E-state index in [-0.39, 0.29) is 22.6 Å². The van der Waals surface area contributed by atoms with Crippen molar-refractivity contribution in [2.45, 2.75) is 68.8 Å². The van der Waals surface area contributed by atoms with Gasteiger partial charge in [-0.1, -0.05) is 57.4 Å². The molecule has 1 saturated carbocycles. The molecule has 200 valence electrons. The van der Waals surface area contributed by atoms with Crippen LogP contribution >= 0.6 is 0 Å². The number of rotatable bonds is 8. The van der Waals surface area contributed by atoms with Crippen molar-refractivity contribution >= 4 is 15.9 Å². The number of likely N-dealkylation sites (tertiary alicyclic amines) is 1. The first-order valence-corrected chi connectivity index (χ1v) is 15.0. The van der Waals surface area contributed by atoms with Crippen molar-refractivity contribution in [3.63, 3.8) is 0 Å². The van der Waals surface area contributed by atoms with Gasteiger partial charge in [0.25, 0.3) is 15.9 Å². The predicted octanol–water partition coefficient (Wildman–Crippen LogP) is 4.82. The Morgan fingerprint density at radius 2 is 1.84 bits per heavy atom. The molecule has 2 aliphatic heterocycles. The predicted molar refractivity (Wildman–Crippen MR) is 142 cm³/mol. The molecule has 1 amide bonds. The van der Waals surface area contributed by atoms with E-state index in [1.165, 1.54) is 49.8 Å². The molecule has 1 saturated heterocycles. The molecule has 2 heterocycles. The first kappa shape index (κ1) is 26.2. The molecule has 0 spiro atoms. The summed E-state index contributed by atoms with van der Waals surface area (Å²) in [7, 11) is -3.90. The highest BCUT2D eigenvalue weighted by atomic mass is 32.2. The van der Waals surface area contributed by atoms with E-state index in [1.54, 1.807) is 12.1 Å². The summed E-state index contributed by atoms with van der Waals surface area (Å²) >= 11 is 0. The van der Waals surface area contributed by atoms with Crippen molar-refractivity contribution in [2.75, 3.05) is 33.0 Å². The number of nitrogens with zero attached hydrogens (tertiary/aromatic N) is 2. The first-order valence-electron chi connectivity index (χ1n) is 13.5. The van der Waals surface area contributed by atoms with Gasteiger partial charge in [0.1, 0.15) is 10.6 Å². The molecule has 8 heteroatoms. The third-order valence-corrected chi connectivity index (χ3v) is 10.4. The lowest BCUT2D eigenvalue weighted by atomic mass is 9.68. The summed E-state index contributed by atoms with van der Waals surface area (Å²) in [4.78, 5) is 15.2. The lowest BCUT2D eigenvalue weighted by Crippen LogP contribution is -2.48. The van der Waals surface area contributed by atoms with Crippen molar-refractivity contribution in [3.8, 4) is 5.75 Å². The van der Waals surface area contributed by atoms with Gasteiger partial charge in [-0.2, -0.15) is 4.31 Å². The van der Waals surface area contributed by atoms with E-state index in [4.69, 9.17) is 9.47 Å². The van der Waals surface area contributed by atoms with Crippen LogP contribution in [-0.2, 0) is 20.2 Å². The summed E-state index contributed by atoms with van der Waals surface area (Å²) in [6, 6.07) is 14.2. The van der Waals surface area contributed by atoms with Gasteiger partial charge < -0.3 is 14.4 Å². The normalized spacial score (nSPS) is 26.3. The lowest BCUT2D eigenvalue weighted by molar-refractivity contribution is 0.00524. The summed E-state index contributed by atoms with van der Waals surface area (Å²) in [5, 5.41) is 0. The van der Waals surface area contributed by atoms with E-state index in [0.717, 1.165) is 37.0 Å². The van der Waals surface area contributed by atoms with Crippen LogP contribution in [0, 0.1) is 5.92 Å². The van der Waals surface area contributed by atoms with Crippen LogP contribution in [0.5, 0.6) is 5.75 Å². The Hall–Kier alpha value is -2.42. The van der Waals surface area contributed by atoms with Gasteiger partial charge in [-0.25, -0.2) is 8.42 Å². The number of hydrogen-bond donors (Lipinski definition) is 0. The third-order valence-electron chi connectivity index (χ3n) is 8.63. The second-order valence-corrected chi connectivity index (χ2v) is 12.8. The average molecular weight is 527 g/mol. The molecule has 0 N–H and O–H groups in total. The molecule has 0 aromatic heterocycles. The Morgan fingerprint density at radius 1 is 1.05 bits per heavy atom. The SMILES string of the molecule is C[C@H]1CN(CCOC2CCCCC2)CC[C@]1(C)c1cccc(OCN2C(=O)c3ccccc3S2(=O)=O)c1. The number of benzene rings is 2. The summed E-state index contributed by atoms with van der Waals surface area (Å²) in [6.45, 7) is 8.06. The second kappa shape index (κ2) is 10.8. The van der Waals surface area contributed by atoms with Crippen molar-refractivity contribution in [1.82, 2.24) is 9.21 Å². The zero-order valence-corrected chi connectivity index (χ0v) is 22.7. The van der Waals surface area contributed by atoms with E-state index in [2.05, 4.69) is 24.8 Å². The summed E-state index contributed by atoms with van der Waals surface area (Å²) in [5.74, 6) is 0.446. The van der Waals surface area contributed by atoms with Crippen LogP contribution in [-0.4, -0.2) is 62.6 Å². The quantitative estimate of drug-likeness (QED) is 0.491. The van der Waals surface area contributed by atoms with Gasteiger partial charge in [-0.3, -0.25) is 4.79 Å². The minimum atomic E-state index is -3.90. The number of carbonyl (C=O) groups is 1. The molecule has 2 aromatic carbocycles. The van der Waals surface area contributed by atoms with Crippen LogP contribution in [0.1, 0.15) is 68.3 Å². The van der Waals surface area contributed by atoms with Gasteiger partial charge in [0.2, 0.25) is 0 Å². The Balaban J connectivity index is 1.18. The minimum absolute atomic E-state index is 0.0220. The maximum atomic E-state index is 12.8. The topological polar surface area (TPSA) is 76.2 Å². The van der Waals surface area contributed by atoms with Crippen LogP contribution in [0.3, 0.4) is 0 Å². The van der Waals surface area contributed by atoms with Crippen LogP contribution in [0.2, 0.25) is 0 Å². The van der Waals surface area contributed by atoms with Crippen molar-refractivity contribution in [1.29, 1.82) is 0 Å². The number of piperidine rings is 1. The van der Waals surface area contributed by atoms with E-state index >= 15 is 0 Å². The van der Waals surface area contributed by atoms with Gasteiger partial charge in [0, 0.05) is 13.1 Å². The standard InChI is InChI=1S/C29H38N2O5S/c1-22-20-30(17-18-35-24-10-4-3-5-11-24)16-15-29(22,2)23-9-8-12-25(19-23)36-21-31-28(32)26-13-6-7-14-27(26)37(31,33)34/h6-9,12-14,19,22,24H,3-5,10-11,15-18,20-21H2,1-2H3/t22-,29-/m0/s1. The molecule has 0 radical (unpaired) electrons. The highest BCUT2D eigenvalue weighted by molar-refractivity contribution is 7.90. The highest BCUT2D eigenvalue weighted by Crippen LogP contribution is 2.40. The van der Waals surface area contributed by atoms with E-state index in [0.29, 0.717) is 17.8 Å². The highest BCUT2D eigenvalue weighted by Gasteiger charge is 2.41. The minimum Gasteiger partial charge on any atom is -0.472 e. The Labute approximate surface area is 220 Å². The van der Waals surface area contributed by atoms with Gasteiger partial charge in [0.05, 0.1) is 18.3 Å². The maximum Gasteiger partial charge on any atom is 0.271 e. The average Bonchev–Trinajstić information content (AvgIpc) is 3.10. The van der Waals surface area contributed by atoms with Crippen LogP contribution in [0.4, 0.5) is 0 Å². The largest absolute Gasteiger partial charge is 0.472 e. The van der Waals surface area contributed by atoms with Gasteiger partial charge in [0.15, 0.2) is 6.73 Å². The number of sulfonamides is 1. The van der Waals surface area contributed by atoms with Crippen LogP contribution in [0.15, 0.2) is 53.4 Å². The molecule has 5 rings (SSSR count). The second-order valence-electron chi connectivity index (χ2n) is 11.0. The molecule has 0 unspecified atom stereocenters. The molecular formula is C29H38N2O5S. The smallest absolute Gasteiger partial charge is 0.271 e. The van der Waals surface area contributed by atoms with Gasteiger partial charge in [-0.15, -0.1) is 0 Å². The molecular weight excluding hydrogens is 488 g/mol. The number of amides is 1. The summed E-state index contributed by atoms with van der Waals surface area (Å²) in [5.41, 5.74) is 1.35. The Morgan fingerprint density at radius 3 is 2.59 bits per heavy atom. The molecule has 2 fully saturated rings. The molecule has 1 aliphatic carbocycles. The monoisotopic (exact) mass is 526 g/mol. The third kappa shape index (κ3) is 5.29. The van der Waals surface area contributed by atoms with Crippen molar-refractivity contribution in [2.24, 2.45) is 5.92 Å². The maximum absolute atomic E-state index is 12.8. The molecule has 3 aliphatic rings. The molecule has 2 atom stereocenters. The van der Waals surface area contributed by atoms with E-state index < -0.39 is 15.9 Å². The lowest BCUT2D eigenvalue weighted by Gasteiger charge is -2.45. The molecule has 2 aromatic rings. The number of ether oxygens (including phenoxy) is 2. The fourth-order valence-electron chi connectivity index (χ4n) is 5.96. The van der Waals surface area contributed by atoms with Crippen molar-refractivity contribution in [3.05, 3.63) is 59.7 Å². The molecule has 7 nitrogen and oxygen atoms in total. The Kier molecular flexibility index (Phi) is 7.61. The number of carbonyl (C=O) groups excluding carboxylic acids is 1. The number of hydrogen-bond acceptors (Lipinski definition) is 6. The number of fused-ring (bicyclic) bond motifs is 1. The summed E-state index contributed by atoms with van der Waals surface area (Å²) < 4.78 is 38.5. The first-order chi connectivity index (χ1) is 17.8. The van der Waals surface area contributed by atoms with Crippen molar-refractivity contribution < 1.29 is 22.7 Å². The molecule has 0 bridgehead atoms.